The molecule has 0 aliphatic carbocycles. The van der Waals surface area contributed by atoms with E-state index in [0.29, 0.717) is 29.8 Å². The van der Waals surface area contributed by atoms with Gasteiger partial charge < -0.3 is 20.3 Å². The first-order valence-electron chi connectivity index (χ1n) is 14.7. The van der Waals surface area contributed by atoms with Crippen molar-refractivity contribution in [1.29, 1.82) is 0 Å². The Morgan fingerprint density at radius 3 is 2.20 bits per heavy atom. The molecule has 0 bridgehead atoms. The second-order valence-electron chi connectivity index (χ2n) is 10.8. The summed E-state index contributed by atoms with van der Waals surface area (Å²) in [6.45, 7) is 1.39. The molecule has 1 heterocycles. The second kappa shape index (κ2) is 14.4. The average Bonchev–Trinajstić information content (AvgIpc) is 3.50. The number of carbonyl (C=O) groups excluding carboxylic acids is 1. The highest BCUT2D eigenvalue weighted by atomic mass is 19.4. The van der Waals surface area contributed by atoms with Gasteiger partial charge in [-0.1, -0.05) is 91.0 Å². The number of hydrogen-bond acceptors (Lipinski definition) is 6. The molecule has 11 heteroatoms. The highest BCUT2D eigenvalue weighted by Gasteiger charge is 2.33. The van der Waals surface area contributed by atoms with E-state index >= 15 is 0 Å². The number of para-hydroxylation sites is 1. The van der Waals surface area contributed by atoms with Crippen LogP contribution < -0.4 is 10.1 Å². The number of aliphatic hydroxyl groups is 1. The summed E-state index contributed by atoms with van der Waals surface area (Å²) in [5.41, 5.74) is 2.70. The number of anilines is 1. The summed E-state index contributed by atoms with van der Waals surface area (Å²) < 4.78 is 41.7. The molecule has 5 rings (SSSR count). The van der Waals surface area contributed by atoms with Gasteiger partial charge in [-0.15, -0.1) is 13.2 Å². The molecule has 0 aromatic heterocycles. The number of rotatable bonds is 11. The van der Waals surface area contributed by atoms with E-state index in [-0.39, 0.29) is 23.2 Å². The van der Waals surface area contributed by atoms with Crippen molar-refractivity contribution in [3.8, 4) is 5.75 Å². The van der Waals surface area contributed by atoms with Crippen molar-refractivity contribution in [3.05, 3.63) is 131 Å². The van der Waals surface area contributed by atoms with E-state index < -0.39 is 30.2 Å². The normalized spacial score (nSPS) is 16.9. The Kier molecular flexibility index (Phi) is 10.1. The molecule has 3 atom stereocenters. The smallest absolute Gasteiger partial charge is 0.480 e. The maximum atomic E-state index is 13.7. The van der Waals surface area contributed by atoms with Crippen molar-refractivity contribution in [2.75, 3.05) is 11.9 Å². The number of nitrogens with one attached hydrogen (secondary N) is 1. The number of halogens is 3. The zero-order valence-electron chi connectivity index (χ0n) is 24.6. The zero-order chi connectivity index (χ0) is 32.7. The van der Waals surface area contributed by atoms with E-state index in [4.69, 9.17) is 0 Å². The van der Waals surface area contributed by atoms with Gasteiger partial charge in [0.25, 0.3) is 0 Å². The van der Waals surface area contributed by atoms with Gasteiger partial charge in [-0.2, -0.15) is 0 Å². The SMILES string of the molecule is O=C(O)[C@H](N=C(c1ccccc1)c1ccccc1NC(=O)[C@@H]1CCCN1Cc1ccccc1)[C@H](O)c1ccc(OC(F)(F)F)cc1. The van der Waals surface area contributed by atoms with Crippen molar-refractivity contribution in [2.45, 2.75) is 43.9 Å². The quantitative estimate of drug-likeness (QED) is 0.170. The molecule has 1 fully saturated rings. The van der Waals surface area contributed by atoms with E-state index in [1.807, 2.05) is 30.3 Å². The molecule has 0 spiro atoms. The monoisotopic (exact) mass is 631 g/mol. The molecular formula is C35H32F3N3O5. The predicted octanol–water partition coefficient (Wildman–Crippen LogP) is 6.21. The van der Waals surface area contributed by atoms with Gasteiger partial charge in [-0.05, 0) is 48.7 Å². The fourth-order valence-corrected chi connectivity index (χ4v) is 5.49. The fraction of sp³-hybridized carbons (Fsp3) is 0.229. The number of amides is 1. The highest BCUT2D eigenvalue weighted by Crippen LogP contribution is 2.29. The molecule has 1 aliphatic rings. The van der Waals surface area contributed by atoms with Crippen LogP contribution >= 0.6 is 0 Å². The van der Waals surface area contributed by atoms with Crippen molar-refractivity contribution in [2.24, 2.45) is 4.99 Å². The number of alkyl halides is 3. The van der Waals surface area contributed by atoms with Crippen LogP contribution in [0.25, 0.3) is 0 Å². The van der Waals surface area contributed by atoms with Crippen LogP contribution in [-0.2, 0) is 16.1 Å². The standard InChI is InChI=1S/C35H32F3N3O5/c36-35(37,38)46-26-19-17-25(18-20-26)32(42)31(34(44)45)40-30(24-12-5-2-6-13-24)27-14-7-8-15-28(27)39-33(43)29-16-9-21-41(29)22-23-10-3-1-4-11-23/h1-8,10-15,17-20,29,31-32,42H,9,16,21-22H2,(H,39,43)(H,44,45)/t29-,31+,32+/m0/s1. The molecule has 46 heavy (non-hydrogen) atoms. The molecule has 1 amide bonds. The number of likely N-dealkylation sites (tertiary alicyclic amines) is 1. The lowest BCUT2D eigenvalue weighted by Crippen LogP contribution is -2.39. The van der Waals surface area contributed by atoms with Crippen molar-refractivity contribution in [3.63, 3.8) is 0 Å². The Hall–Kier alpha value is -5.00. The molecule has 1 saturated heterocycles. The average molecular weight is 632 g/mol. The number of aliphatic carboxylic acids is 1. The Morgan fingerprint density at radius 2 is 1.54 bits per heavy atom. The van der Waals surface area contributed by atoms with E-state index in [0.717, 1.165) is 42.8 Å². The van der Waals surface area contributed by atoms with Crippen LogP contribution in [0.2, 0.25) is 0 Å². The van der Waals surface area contributed by atoms with Crippen molar-refractivity contribution in [1.82, 2.24) is 4.90 Å². The summed E-state index contributed by atoms with van der Waals surface area (Å²) in [4.78, 5) is 32.8. The first-order valence-corrected chi connectivity index (χ1v) is 14.7. The zero-order valence-corrected chi connectivity index (χ0v) is 24.6. The Labute approximate surface area is 263 Å². The van der Waals surface area contributed by atoms with Gasteiger partial charge in [0, 0.05) is 17.7 Å². The molecule has 8 nitrogen and oxygen atoms in total. The third-order valence-corrected chi connectivity index (χ3v) is 7.66. The summed E-state index contributed by atoms with van der Waals surface area (Å²) in [6, 6.07) is 27.7. The van der Waals surface area contributed by atoms with Gasteiger partial charge in [0.05, 0.1) is 17.4 Å². The number of aliphatic hydroxyl groups excluding tert-OH is 1. The van der Waals surface area contributed by atoms with Gasteiger partial charge in [0.2, 0.25) is 5.91 Å². The summed E-state index contributed by atoms with van der Waals surface area (Å²) in [7, 11) is 0. The third-order valence-electron chi connectivity index (χ3n) is 7.66. The minimum atomic E-state index is -4.90. The van der Waals surface area contributed by atoms with Gasteiger partial charge in [0.15, 0.2) is 6.04 Å². The van der Waals surface area contributed by atoms with Gasteiger partial charge in [-0.25, -0.2) is 4.79 Å². The lowest BCUT2D eigenvalue weighted by atomic mass is 9.98. The Balaban J connectivity index is 1.46. The summed E-state index contributed by atoms with van der Waals surface area (Å²) >= 11 is 0. The second-order valence-corrected chi connectivity index (χ2v) is 10.8. The number of carboxylic acids is 1. The summed E-state index contributed by atoms with van der Waals surface area (Å²) in [5, 5.41) is 24.3. The fourth-order valence-electron chi connectivity index (χ4n) is 5.49. The molecule has 0 unspecified atom stereocenters. The van der Waals surface area contributed by atoms with Crippen LogP contribution in [0.3, 0.4) is 0 Å². The van der Waals surface area contributed by atoms with Gasteiger partial charge in [0.1, 0.15) is 11.9 Å². The summed E-state index contributed by atoms with van der Waals surface area (Å²) in [6.07, 6.45) is -5.08. The number of benzene rings is 4. The number of aliphatic imine (C=N–C) groups is 1. The Morgan fingerprint density at radius 1 is 0.913 bits per heavy atom. The molecule has 1 aliphatic heterocycles. The molecule has 238 valence electrons. The molecule has 4 aromatic carbocycles. The molecule has 4 aromatic rings. The van der Waals surface area contributed by atoms with Gasteiger partial charge >= 0.3 is 12.3 Å². The summed E-state index contributed by atoms with van der Waals surface area (Å²) in [5.74, 6) is -2.18. The molecule has 3 N–H and O–H groups in total. The van der Waals surface area contributed by atoms with Crippen LogP contribution in [-0.4, -0.2) is 57.7 Å². The van der Waals surface area contributed by atoms with Crippen molar-refractivity contribution < 1.29 is 37.7 Å². The highest BCUT2D eigenvalue weighted by molar-refractivity contribution is 6.17. The van der Waals surface area contributed by atoms with Crippen LogP contribution in [0.1, 0.15) is 41.2 Å². The predicted molar refractivity (Wildman–Crippen MR) is 167 cm³/mol. The number of carbonyl (C=O) groups is 2. The number of carboxylic acid groups (broad SMARTS) is 1. The number of nitrogens with zero attached hydrogens (tertiary/aromatic N) is 2. The first kappa shape index (κ1) is 32.4. The van der Waals surface area contributed by atoms with E-state index in [2.05, 4.69) is 19.9 Å². The topological polar surface area (TPSA) is 111 Å². The van der Waals surface area contributed by atoms with Crippen molar-refractivity contribution >= 4 is 23.3 Å². The number of ether oxygens (including phenoxy) is 1. The molecular weight excluding hydrogens is 599 g/mol. The van der Waals surface area contributed by atoms with E-state index in [1.54, 1.807) is 54.6 Å². The minimum Gasteiger partial charge on any atom is -0.480 e. The maximum Gasteiger partial charge on any atom is 0.573 e. The van der Waals surface area contributed by atoms with E-state index in [9.17, 15) is 33.0 Å². The van der Waals surface area contributed by atoms with Crippen LogP contribution in [0.5, 0.6) is 5.75 Å². The molecule has 0 radical (unpaired) electrons. The van der Waals surface area contributed by atoms with E-state index in [1.165, 1.54) is 0 Å². The first-order chi connectivity index (χ1) is 22.1. The van der Waals surface area contributed by atoms with Crippen LogP contribution in [0.4, 0.5) is 18.9 Å². The largest absolute Gasteiger partial charge is 0.573 e. The lowest BCUT2D eigenvalue weighted by Gasteiger charge is -2.24. The van der Waals surface area contributed by atoms with Crippen LogP contribution in [0.15, 0.2) is 114 Å². The van der Waals surface area contributed by atoms with Crippen LogP contribution in [0, 0.1) is 0 Å². The van der Waals surface area contributed by atoms with Gasteiger partial charge in [-0.3, -0.25) is 14.7 Å². The maximum absolute atomic E-state index is 13.7. The molecule has 0 saturated carbocycles. The number of hydrogen-bond donors (Lipinski definition) is 3. The Bertz CT molecular complexity index is 1660. The third kappa shape index (κ3) is 8.17. The lowest BCUT2D eigenvalue weighted by molar-refractivity contribution is -0.274. The minimum absolute atomic E-state index is 0.0272.